The van der Waals surface area contributed by atoms with E-state index in [1.165, 1.54) is 5.56 Å². The summed E-state index contributed by atoms with van der Waals surface area (Å²) in [6.45, 7) is 4.21. The summed E-state index contributed by atoms with van der Waals surface area (Å²) in [6, 6.07) is 13.4. The largest absolute Gasteiger partial charge is 0.497 e. The maximum absolute atomic E-state index is 11.8. The Morgan fingerprint density at radius 3 is 2.57 bits per heavy atom. The van der Waals surface area contributed by atoms with Gasteiger partial charge in [0.2, 0.25) is 0 Å². The van der Waals surface area contributed by atoms with Crippen LogP contribution in [0.1, 0.15) is 16.7 Å². The zero-order valence-corrected chi connectivity index (χ0v) is 13.6. The number of amides is 1. The fourth-order valence-corrected chi connectivity index (χ4v) is 2.08. The van der Waals surface area contributed by atoms with Gasteiger partial charge in [-0.3, -0.25) is 4.79 Å². The number of ether oxygens (including phenoxy) is 1. The SMILES string of the molecule is COc1ccc(NCC(=O)N/N=C\c2ccc(C)cc2C)cc1. The van der Waals surface area contributed by atoms with Gasteiger partial charge in [0.15, 0.2) is 0 Å². The average molecular weight is 311 g/mol. The summed E-state index contributed by atoms with van der Waals surface area (Å²) in [5.74, 6) is 0.569. The van der Waals surface area contributed by atoms with Gasteiger partial charge >= 0.3 is 0 Å². The molecule has 0 atom stereocenters. The van der Waals surface area contributed by atoms with E-state index in [1.54, 1.807) is 13.3 Å². The molecule has 0 bridgehead atoms. The van der Waals surface area contributed by atoms with Gasteiger partial charge in [-0.05, 0) is 49.2 Å². The Morgan fingerprint density at radius 1 is 1.17 bits per heavy atom. The van der Waals surface area contributed by atoms with E-state index in [4.69, 9.17) is 4.74 Å². The highest BCUT2D eigenvalue weighted by Crippen LogP contribution is 2.14. The van der Waals surface area contributed by atoms with Crippen LogP contribution in [0.3, 0.4) is 0 Å². The topological polar surface area (TPSA) is 62.7 Å². The molecule has 0 saturated heterocycles. The monoisotopic (exact) mass is 311 g/mol. The lowest BCUT2D eigenvalue weighted by Gasteiger charge is -2.06. The molecule has 23 heavy (non-hydrogen) atoms. The van der Waals surface area contributed by atoms with E-state index < -0.39 is 0 Å². The van der Waals surface area contributed by atoms with Crippen molar-refractivity contribution >= 4 is 17.8 Å². The van der Waals surface area contributed by atoms with Crippen LogP contribution in [-0.2, 0) is 4.79 Å². The van der Waals surface area contributed by atoms with Gasteiger partial charge in [-0.1, -0.05) is 23.8 Å². The van der Waals surface area contributed by atoms with Crippen molar-refractivity contribution in [2.24, 2.45) is 5.10 Å². The van der Waals surface area contributed by atoms with Gasteiger partial charge < -0.3 is 10.1 Å². The summed E-state index contributed by atoms with van der Waals surface area (Å²) in [6.07, 6.45) is 1.65. The molecule has 0 aliphatic rings. The van der Waals surface area contributed by atoms with E-state index in [9.17, 15) is 4.79 Å². The molecular formula is C18H21N3O2. The molecule has 0 aromatic heterocycles. The Labute approximate surface area is 136 Å². The van der Waals surface area contributed by atoms with Crippen LogP contribution in [0.25, 0.3) is 0 Å². The highest BCUT2D eigenvalue weighted by Gasteiger charge is 2.00. The summed E-state index contributed by atoms with van der Waals surface area (Å²) in [5.41, 5.74) is 6.67. The molecule has 0 fully saturated rings. The van der Waals surface area contributed by atoms with Crippen molar-refractivity contribution in [3.8, 4) is 5.75 Å². The molecule has 0 aliphatic carbocycles. The van der Waals surface area contributed by atoms with Gasteiger partial charge in [0.25, 0.3) is 5.91 Å². The number of carbonyl (C=O) groups excluding carboxylic acids is 1. The molecule has 0 saturated carbocycles. The zero-order chi connectivity index (χ0) is 16.7. The van der Waals surface area contributed by atoms with Gasteiger partial charge in [0.1, 0.15) is 5.75 Å². The molecule has 120 valence electrons. The van der Waals surface area contributed by atoms with E-state index >= 15 is 0 Å². The number of methoxy groups -OCH3 is 1. The van der Waals surface area contributed by atoms with Crippen LogP contribution in [0.15, 0.2) is 47.6 Å². The first-order valence-corrected chi connectivity index (χ1v) is 7.35. The van der Waals surface area contributed by atoms with E-state index in [0.29, 0.717) is 0 Å². The molecule has 0 radical (unpaired) electrons. The van der Waals surface area contributed by atoms with Crippen molar-refractivity contribution in [1.82, 2.24) is 5.43 Å². The first kappa shape index (κ1) is 16.5. The number of aryl methyl sites for hydroxylation is 2. The van der Waals surface area contributed by atoms with Gasteiger partial charge in [-0.25, -0.2) is 5.43 Å². The number of hydrogen-bond acceptors (Lipinski definition) is 4. The fraction of sp³-hybridized carbons (Fsp3) is 0.222. The lowest BCUT2D eigenvalue weighted by molar-refractivity contribution is -0.119. The third kappa shape index (κ3) is 5.14. The Kier molecular flexibility index (Phi) is 5.74. The molecule has 2 N–H and O–H groups in total. The lowest BCUT2D eigenvalue weighted by atomic mass is 10.1. The molecular weight excluding hydrogens is 290 g/mol. The number of nitrogens with one attached hydrogen (secondary N) is 2. The third-order valence-electron chi connectivity index (χ3n) is 3.36. The molecule has 0 spiro atoms. The zero-order valence-electron chi connectivity index (χ0n) is 13.6. The quantitative estimate of drug-likeness (QED) is 0.637. The molecule has 2 aromatic carbocycles. The van der Waals surface area contributed by atoms with Crippen LogP contribution in [0, 0.1) is 13.8 Å². The van der Waals surface area contributed by atoms with Crippen LogP contribution in [0.5, 0.6) is 5.75 Å². The molecule has 0 aliphatic heterocycles. The average Bonchev–Trinajstić information content (AvgIpc) is 2.55. The van der Waals surface area contributed by atoms with Gasteiger partial charge in [0, 0.05) is 5.69 Å². The van der Waals surface area contributed by atoms with E-state index in [0.717, 1.165) is 22.6 Å². The Bertz CT molecular complexity index is 694. The van der Waals surface area contributed by atoms with Gasteiger partial charge in [-0.15, -0.1) is 0 Å². The minimum absolute atomic E-state index is 0.149. The number of benzene rings is 2. The molecule has 2 aromatic rings. The second-order valence-electron chi connectivity index (χ2n) is 5.24. The molecule has 2 rings (SSSR count). The molecule has 5 nitrogen and oxygen atoms in total. The molecule has 0 heterocycles. The maximum atomic E-state index is 11.8. The Hall–Kier alpha value is -2.82. The van der Waals surface area contributed by atoms with Crippen molar-refractivity contribution < 1.29 is 9.53 Å². The van der Waals surface area contributed by atoms with Crippen molar-refractivity contribution in [1.29, 1.82) is 0 Å². The second kappa shape index (κ2) is 7.98. The van der Waals surface area contributed by atoms with E-state index in [1.807, 2.05) is 50.2 Å². The number of hydrazone groups is 1. The van der Waals surface area contributed by atoms with Crippen LogP contribution in [0.4, 0.5) is 5.69 Å². The third-order valence-corrected chi connectivity index (χ3v) is 3.36. The summed E-state index contributed by atoms with van der Waals surface area (Å²) in [5, 5.41) is 7.01. The fourth-order valence-electron chi connectivity index (χ4n) is 2.08. The van der Waals surface area contributed by atoms with Gasteiger partial charge in [0.05, 0.1) is 19.9 Å². The minimum atomic E-state index is -0.207. The number of anilines is 1. The molecule has 5 heteroatoms. The highest BCUT2D eigenvalue weighted by atomic mass is 16.5. The lowest BCUT2D eigenvalue weighted by Crippen LogP contribution is -2.25. The summed E-state index contributed by atoms with van der Waals surface area (Å²) in [4.78, 5) is 11.8. The second-order valence-corrected chi connectivity index (χ2v) is 5.24. The van der Waals surface area contributed by atoms with Crippen molar-refractivity contribution in [3.05, 3.63) is 59.2 Å². The van der Waals surface area contributed by atoms with Gasteiger partial charge in [-0.2, -0.15) is 5.10 Å². The summed E-state index contributed by atoms with van der Waals surface area (Å²) >= 11 is 0. The molecule has 1 amide bonds. The smallest absolute Gasteiger partial charge is 0.259 e. The van der Waals surface area contributed by atoms with Crippen molar-refractivity contribution in [2.45, 2.75) is 13.8 Å². The summed E-state index contributed by atoms with van der Waals surface area (Å²) in [7, 11) is 1.61. The maximum Gasteiger partial charge on any atom is 0.259 e. The number of nitrogens with zero attached hydrogens (tertiary/aromatic N) is 1. The van der Waals surface area contributed by atoms with E-state index in [-0.39, 0.29) is 12.5 Å². The number of hydrogen-bond donors (Lipinski definition) is 2. The van der Waals surface area contributed by atoms with E-state index in [2.05, 4.69) is 21.9 Å². The first-order chi connectivity index (χ1) is 11.1. The first-order valence-electron chi connectivity index (χ1n) is 7.35. The van der Waals surface area contributed by atoms with Crippen LogP contribution >= 0.6 is 0 Å². The standard InChI is InChI=1S/C18H21N3O2/c1-13-4-5-15(14(2)10-13)11-20-21-18(22)12-19-16-6-8-17(23-3)9-7-16/h4-11,19H,12H2,1-3H3,(H,21,22)/b20-11-. The minimum Gasteiger partial charge on any atom is -0.497 e. The number of carbonyl (C=O) groups is 1. The Morgan fingerprint density at radius 2 is 1.91 bits per heavy atom. The molecule has 0 unspecified atom stereocenters. The number of rotatable bonds is 6. The predicted octanol–water partition coefficient (Wildman–Crippen LogP) is 2.87. The van der Waals surface area contributed by atoms with Crippen molar-refractivity contribution in [2.75, 3.05) is 19.0 Å². The van der Waals surface area contributed by atoms with Crippen LogP contribution < -0.4 is 15.5 Å². The van der Waals surface area contributed by atoms with Crippen LogP contribution in [-0.4, -0.2) is 25.8 Å². The normalized spacial score (nSPS) is 10.6. The highest BCUT2D eigenvalue weighted by molar-refractivity contribution is 5.85. The predicted molar refractivity (Wildman–Crippen MR) is 93.1 cm³/mol. The van der Waals surface area contributed by atoms with Crippen molar-refractivity contribution in [3.63, 3.8) is 0 Å². The van der Waals surface area contributed by atoms with Crippen LogP contribution in [0.2, 0.25) is 0 Å². The Balaban J connectivity index is 1.81. The summed E-state index contributed by atoms with van der Waals surface area (Å²) < 4.78 is 5.08.